The number of nitrogens with one attached hydrogen (secondary N) is 1. The van der Waals surface area contributed by atoms with Crippen LogP contribution in [0.2, 0.25) is 0 Å². The van der Waals surface area contributed by atoms with Crippen molar-refractivity contribution >= 4 is 11.9 Å². The summed E-state index contributed by atoms with van der Waals surface area (Å²) in [4.78, 5) is 24.4. The van der Waals surface area contributed by atoms with Gasteiger partial charge in [-0.15, -0.1) is 0 Å². The summed E-state index contributed by atoms with van der Waals surface area (Å²) in [5.41, 5.74) is 0. The lowest BCUT2D eigenvalue weighted by atomic mass is 10.1. The van der Waals surface area contributed by atoms with E-state index in [0.717, 1.165) is 6.54 Å². The number of carbonyl (C=O) groups is 2. The van der Waals surface area contributed by atoms with Gasteiger partial charge < -0.3 is 20.1 Å². The number of hydrogen-bond donors (Lipinski definition) is 2. The molecule has 0 saturated carbocycles. The van der Waals surface area contributed by atoms with Gasteiger partial charge in [-0.2, -0.15) is 0 Å². The molecule has 2 atom stereocenters. The SMILES string of the molecule is CCN(CC(C)C(=O)O)C(=O)CC1COCCN1. The first-order valence-electron chi connectivity index (χ1n) is 6.36. The average Bonchev–Trinajstić information content (AvgIpc) is 2.36. The molecule has 0 bridgehead atoms. The van der Waals surface area contributed by atoms with Crippen LogP contribution in [0.3, 0.4) is 0 Å². The van der Waals surface area contributed by atoms with Crippen LogP contribution >= 0.6 is 0 Å². The smallest absolute Gasteiger partial charge is 0.308 e. The largest absolute Gasteiger partial charge is 0.481 e. The number of nitrogens with zero attached hydrogens (tertiary/aromatic N) is 1. The summed E-state index contributed by atoms with van der Waals surface area (Å²) in [6, 6.07) is 0.0421. The minimum absolute atomic E-state index is 0.0198. The molecule has 6 heteroatoms. The summed E-state index contributed by atoms with van der Waals surface area (Å²) < 4.78 is 5.29. The first-order valence-corrected chi connectivity index (χ1v) is 6.36. The molecule has 1 saturated heterocycles. The van der Waals surface area contributed by atoms with Gasteiger partial charge in [-0.05, 0) is 6.92 Å². The van der Waals surface area contributed by atoms with E-state index in [2.05, 4.69) is 5.32 Å². The van der Waals surface area contributed by atoms with Crippen LogP contribution in [0.15, 0.2) is 0 Å². The molecular formula is C12H22N2O4. The number of carboxylic acid groups (broad SMARTS) is 1. The van der Waals surface area contributed by atoms with E-state index in [1.54, 1.807) is 11.8 Å². The Bertz CT molecular complexity index is 290. The van der Waals surface area contributed by atoms with E-state index in [9.17, 15) is 9.59 Å². The van der Waals surface area contributed by atoms with Crippen molar-refractivity contribution in [3.05, 3.63) is 0 Å². The molecule has 1 aliphatic rings. The quantitative estimate of drug-likeness (QED) is 0.697. The number of carbonyl (C=O) groups excluding carboxylic acids is 1. The normalized spacial score (nSPS) is 21.3. The van der Waals surface area contributed by atoms with Crippen molar-refractivity contribution in [3.63, 3.8) is 0 Å². The molecule has 0 radical (unpaired) electrons. The fourth-order valence-electron chi connectivity index (χ4n) is 1.91. The van der Waals surface area contributed by atoms with Gasteiger partial charge in [0.1, 0.15) is 0 Å². The number of aliphatic carboxylic acids is 1. The van der Waals surface area contributed by atoms with Gasteiger partial charge in [-0.25, -0.2) is 0 Å². The van der Waals surface area contributed by atoms with Gasteiger partial charge in [-0.3, -0.25) is 9.59 Å². The minimum Gasteiger partial charge on any atom is -0.481 e. The molecule has 0 aromatic heterocycles. The van der Waals surface area contributed by atoms with Crippen LogP contribution in [0.25, 0.3) is 0 Å². The number of amides is 1. The zero-order chi connectivity index (χ0) is 13.5. The van der Waals surface area contributed by atoms with Gasteiger partial charge in [-0.1, -0.05) is 6.92 Å². The Balaban J connectivity index is 2.43. The van der Waals surface area contributed by atoms with Gasteiger partial charge in [0.25, 0.3) is 0 Å². The Morgan fingerprint density at radius 1 is 1.56 bits per heavy atom. The molecule has 1 heterocycles. The highest BCUT2D eigenvalue weighted by atomic mass is 16.5. The van der Waals surface area contributed by atoms with E-state index in [1.807, 2.05) is 6.92 Å². The van der Waals surface area contributed by atoms with Crippen LogP contribution in [0, 0.1) is 5.92 Å². The van der Waals surface area contributed by atoms with Crippen LogP contribution in [-0.2, 0) is 14.3 Å². The Kier molecular flexibility index (Phi) is 6.07. The Morgan fingerprint density at radius 2 is 2.28 bits per heavy atom. The first-order chi connectivity index (χ1) is 8.54. The molecule has 1 amide bonds. The topological polar surface area (TPSA) is 78.9 Å². The predicted molar refractivity (Wildman–Crippen MR) is 66.3 cm³/mol. The van der Waals surface area contributed by atoms with Crippen molar-refractivity contribution in [3.8, 4) is 0 Å². The maximum atomic E-state index is 12.0. The van der Waals surface area contributed by atoms with Crippen LogP contribution in [0.1, 0.15) is 20.3 Å². The lowest BCUT2D eigenvalue weighted by Crippen LogP contribution is -2.46. The summed E-state index contributed by atoms with van der Waals surface area (Å²) in [6.07, 6.45) is 0.361. The van der Waals surface area contributed by atoms with E-state index >= 15 is 0 Å². The molecular weight excluding hydrogens is 236 g/mol. The fourth-order valence-corrected chi connectivity index (χ4v) is 1.91. The van der Waals surface area contributed by atoms with Crippen molar-refractivity contribution in [2.45, 2.75) is 26.3 Å². The molecule has 0 aliphatic carbocycles. The summed E-state index contributed by atoms with van der Waals surface area (Å²) in [6.45, 7) is 6.24. The summed E-state index contributed by atoms with van der Waals surface area (Å²) in [5, 5.41) is 12.1. The van der Waals surface area contributed by atoms with Gasteiger partial charge in [0.15, 0.2) is 0 Å². The van der Waals surface area contributed by atoms with Crippen molar-refractivity contribution in [2.75, 3.05) is 32.8 Å². The highest BCUT2D eigenvalue weighted by Gasteiger charge is 2.23. The number of carboxylic acids is 1. The second kappa shape index (κ2) is 7.33. The van der Waals surface area contributed by atoms with Crippen molar-refractivity contribution < 1.29 is 19.4 Å². The highest BCUT2D eigenvalue weighted by Crippen LogP contribution is 2.06. The summed E-state index contributed by atoms with van der Waals surface area (Å²) >= 11 is 0. The van der Waals surface area contributed by atoms with Crippen LogP contribution in [0.4, 0.5) is 0 Å². The van der Waals surface area contributed by atoms with Gasteiger partial charge in [0.2, 0.25) is 5.91 Å². The number of rotatable bonds is 6. The third-order valence-electron chi connectivity index (χ3n) is 3.07. The lowest BCUT2D eigenvalue weighted by molar-refractivity contribution is -0.143. The van der Waals surface area contributed by atoms with Crippen LogP contribution in [-0.4, -0.2) is 60.8 Å². The molecule has 2 unspecified atom stereocenters. The Hall–Kier alpha value is -1.14. The molecule has 1 fully saturated rings. The zero-order valence-corrected chi connectivity index (χ0v) is 11.0. The lowest BCUT2D eigenvalue weighted by Gasteiger charge is -2.28. The molecule has 6 nitrogen and oxygen atoms in total. The van der Waals surface area contributed by atoms with Gasteiger partial charge >= 0.3 is 5.97 Å². The van der Waals surface area contributed by atoms with E-state index in [1.165, 1.54) is 0 Å². The number of hydrogen-bond acceptors (Lipinski definition) is 4. The Morgan fingerprint density at radius 3 is 2.78 bits per heavy atom. The highest BCUT2D eigenvalue weighted by molar-refractivity contribution is 5.78. The third-order valence-corrected chi connectivity index (χ3v) is 3.07. The molecule has 104 valence electrons. The molecule has 1 rings (SSSR count). The standard InChI is InChI=1S/C12H22N2O4/c1-3-14(7-9(2)12(16)17)11(15)6-10-8-18-5-4-13-10/h9-10,13H,3-8H2,1-2H3,(H,16,17). The van der Waals surface area contributed by atoms with E-state index in [4.69, 9.17) is 9.84 Å². The van der Waals surface area contributed by atoms with Crippen LogP contribution < -0.4 is 5.32 Å². The fraction of sp³-hybridized carbons (Fsp3) is 0.833. The van der Waals surface area contributed by atoms with Crippen LogP contribution in [0.5, 0.6) is 0 Å². The molecule has 2 N–H and O–H groups in total. The maximum absolute atomic E-state index is 12.0. The van der Waals surface area contributed by atoms with Crippen molar-refractivity contribution in [1.82, 2.24) is 10.2 Å². The Labute approximate surface area is 107 Å². The average molecular weight is 258 g/mol. The molecule has 0 spiro atoms. The summed E-state index contributed by atoms with van der Waals surface area (Å²) in [7, 11) is 0. The van der Waals surface area contributed by atoms with E-state index in [-0.39, 0.29) is 18.5 Å². The van der Waals surface area contributed by atoms with Crippen molar-refractivity contribution in [2.24, 2.45) is 5.92 Å². The monoisotopic (exact) mass is 258 g/mol. The molecule has 0 aromatic carbocycles. The molecule has 0 aromatic rings. The second-order valence-electron chi connectivity index (χ2n) is 4.60. The minimum atomic E-state index is -0.875. The van der Waals surface area contributed by atoms with Gasteiger partial charge in [0, 0.05) is 32.1 Å². The molecule has 18 heavy (non-hydrogen) atoms. The summed E-state index contributed by atoms with van der Waals surface area (Å²) in [5.74, 6) is -1.43. The van der Waals surface area contributed by atoms with E-state index in [0.29, 0.717) is 26.2 Å². The third kappa shape index (κ3) is 4.62. The molecule has 1 aliphatic heterocycles. The van der Waals surface area contributed by atoms with Gasteiger partial charge in [0.05, 0.1) is 19.1 Å². The predicted octanol–water partition coefficient (Wildman–Crippen LogP) is -0.0659. The second-order valence-corrected chi connectivity index (χ2v) is 4.60. The zero-order valence-electron chi connectivity index (χ0n) is 11.0. The number of morpholine rings is 1. The maximum Gasteiger partial charge on any atom is 0.308 e. The first kappa shape index (κ1) is 14.9. The number of ether oxygens (including phenoxy) is 1. The van der Waals surface area contributed by atoms with E-state index < -0.39 is 11.9 Å². The van der Waals surface area contributed by atoms with Crippen molar-refractivity contribution in [1.29, 1.82) is 0 Å².